The molecule has 0 aromatic heterocycles. The number of nitrogens with zero attached hydrogens (tertiary/aromatic N) is 1. The van der Waals surface area contributed by atoms with Gasteiger partial charge in [0.25, 0.3) is 0 Å². The van der Waals surface area contributed by atoms with Gasteiger partial charge in [-0.2, -0.15) is 0 Å². The molecular formula is C16H18ClFN2. The lowest BCUT2D eigenvalue weighted by Gasteiger charge is -2.24. The van der Waals surface area contributed by atoms with Crippen LogP contribution < -0.4 is 10.6 Å². The lowest BCUT2D eigenvalue weighted by molar-refractivity contribution is 0.626. The molecule has 2 rings (SSSR count). The summed E-state index contributed by atoms with van der Waals surface area (Å²) < 4.78 is 13.3. The summed E-state index contributed by atoms with van der Waals surface area (Å²) in [6.07, 6.45) is 0. The van der Waals surface area contributed by atoms with Crippen molar-refractivity contribution in [2.45, 2.75) is 20.0 Å². The Morgan fingerprint density at radius 3 is 2.60 bits per heavy atom. The molecule has 0 heterocycles. The number of anilines is 1. The SMILES string of the molecule is CCN(Cc1ccc(CN)cc1Cl)c1cccc(F)c1. The third-order valence-electron chi connectivity index (χ3n) is 3.27. The van der Waals surface area contributed by atoms with Crippen molar-refractivity contribution in [3.05, 3.63) is 64.4 Å². The zero-order valence-corrected chi connectivity index (χ0v) is 12.2. The van der Waals surface area contributed by atoms with Gasteiger partial charge < -0.3 is 10.6 Å². The first-order valence-corrected chi connectivity index (χ1v) is 6.99. The van der Waals surface area contributed by atoms with E-state index in [9.17, 15) is 4.39 Å². The molecule has 0 atom stereocenters. The van der Waals surface area contributed by atoms with Crippen LogP contribution in [0.1, 0.15) is 18.1 Å². The monoisotopic (exact) mass is 292 g/mol. The quantitative estimate of drug-likeness (QED) is 0.904. The summed E-state index contributed by atoms with van der Waals surface area (Å²) >= 11 is 6.27. The van der Waals surface area contributed by atoms with Crippen molar-refractivity contribution in [1.82, 2.24) is 0 Å². The lowest BCUT2D eigenvalue weighted by Crippen LogP contribution is -2.22. The van der Waals surface area contributed by atoms with Crippen molar-refractivity contribution in [2.75, 3.05) is 11.4 Å². The average molecular weight is 293 g/mol. The van der Waals surface area contributed by atoms with Crippen LogP contribution in [0.2, 0.25) is 5.02 Å². The maximum absolute atomic E-state index is 13.3. The zero-order valence-electron chi connectivity index (χ0n) is 11.4. The smallest absolute Gasteiger partial charge is 0.125 e. The minimum Gasteiger partial charge on any atom is -0.367 e. The number of hydrogen-bond donors (Lipinski definition) is 1. The van der Waals surface area contributed by atoms with Gasteiger partial charge in [-0.15, -0.1) is 0 Å². The molecule has 0 amide bonds. The van der Waals surface area contributed by atoms with E-state index >= 15 is 0 Å². The fourth-order valence-corrected chi connectivity index (χ4v) is 2.37. The third kappa shape index (κ3) is 3.50. The summed E-state index contributed by atoms with van der Waals surface area (Å²) in [6, 6.07) is 12.4. The van der Waals surface area contributed by atoms with Crippen molar-refractivity contribution in [1.29, 1.82) is 0 Å². The minimum atomic E-state index is -0.231. The number of benzene rings is 2. The van der Waals surface area contributed by atoms with Gasteiger partial charge in [0.2, 0.25) is 0 Å². The van der Waals surface area contributed by atoms with E-state index in [2.05, 4.69) is 4.90 Å². The molecule has 0 saturated heterocycles. The summed E-state index contributed by atoms with van der Waals surface area (Å²) in [6.45, 7) is 3.93. The predicted molar refractivity (Wildman–Crippen MR) is 82.5 cm³/mol. The summed E-state index contributed by atoms with van der Waals surface area (Å²) in [5.41, 5.74) is 8.46. The van der Waals surface area contributed by atoms with Crippen LogP contribution in [0, 0.1) is 5.82 Å². The second-order valence-corrected chi connectivity index (χ2v) is 5.03. The van der Waals surface area contributed by atoms with E-state index in [0.717, 1.165) is 23.4 Å². The number of halogens is 2. The Balaban J connectivity index is 2.22. The van der Waals surface area contributed by atoms with Crippen LogP contribution in [0.5, 0.6) is 0 Å². The van der Waals surface area contributed by atoms with Crippen LogP contribution in [-0.2, 0) is 13.1 Å². The first-order valence-electron chi connectivity index (χ1n) is 6.62. The second-order valence-electron chi connectivity index (χ2n) is 4.62. The molecule has 2 N–H and O–H groups in total. The molecule has 2 aromatic rings. The van der Waals surface area contributed by atoms with E-state index in [1.807, 2.05) is 31.2 Å². The van der Waals surface area contributed by atoms with Crippen LogP contribution in [0.3, 0.4) is 0 Å². The van der Waals surface area contributed by atoms with Crippen molar-refractivity contribution in [2.24, 2.45) is 5.73 Å². The number of nitrogens with two attached hydrogens (primary N) is 1. The normalized spacial score (nSPS) is 10.6. The van der Waals surface area contributed by atoms with Gasteiger partial charge in [-0.1, -0.05) is 29.8 Å². The van der Waals surface area contributed by atoms with Gasteiger partial charge in [0.05, 0.1) is 0 Å². The molecule has 0 bridgehead atoms. The summed E-state index contributed by atoms with van der Waals surface area (Å²) in [7, 11) is 0. The Morgan fingerprint density at radius 1 is 1.20 bits per heavy atom. The zero-order chi connectivity index (χ0) is 14.5. The average Bonchev–Trinajstić information content (AvgIpc) is 2.46. The highest BCUT2D eigenvalue weighted by Crippen LogP contribution is 2.23. The first kappa shape index (κ1) is 14.8. The topological polar surface area (TPSA) is 29.3 Å². The Hall–Kier alpha value is -1.58. The van der Waals surface area contributed by atoms with Crippen molar-refractivity contribution < 1.29 is 4.39 Å². The molecule has 0 unspecified atom stereocenters. The molecule has 4 heteroatoms. The van der Waals surface area contributed by atoms with Gasteiger partial charge in [0.1, 0.15) is 5.82 Å². The molecular weight excluding hydrogens is 275 g/mol. The van der Waals surface area contributed by atoms with Gasteiger partial charge >= 0.3 is 0 Å². The van der Waals surface area contributed by atoms with E-state index in [1.165, 1.54) is 12.1 Å². The predicted octanol–water partition coefficient (Wildman–Crippen LogP) is 3.96. The van der Waals surface area contributed by atoms with Crippen LogP contribution in [0.25, 0.3) is 0 Å². The fourth-order valence-electron chi connectivity index (χ4n) is 2.11. The van der Waals surface area contributed by atoms with E-state index in [0.29, 0.717) is 18.1 Å². The Labute approximate surface area is 124 Å². The van der Waals surface area contributed by atoms with Gasteiger partial charge in [0.15, 0.2) is 0 Å². The maximum Gasteiger partial charge on any atom is 0.125 e. The van der Waals surface area contributed by atoms with Crippen LogP contribution >= 0.6 is 11.6 Å². The highest BCUT2D eigenvalue weighted by Gasteiger charge is 2.09. The third-order valence-corrected chi connectivity index (χ3v) is 3.62. The van der Waals surface area contributed by atoms with Crippen LogP contribution in [-0.4, -0.2) is 6.54 Å². The summed E-state index contributed by atoms with van der Waals surface area (Å²) in [4.78, 5) is 2.08. The molecule has 106 valence electrons. The molecule has 0 aliphatic carbocycles. The summed E-state index contributed by atoms with van der Waals surface area (Å²) in [5.74, 6) is -0.231. The van der Waals surface area contributed by atoms with E-state index in [-0.39, 0.29) is 5.82 Å². The molecule has 0 aliphatic rings. The fraction of sp³-hybridized carbons (Fsp3) is 0.250. The molecule has 2 nitrogen and oxygen atoms in total. The number of hydrogen-bond acceptors (Lipinski definition) is 2. The lowest BCUT2D eigenvalue weighted by atomic mass is 10.1. The molecule has 2 aromatic carbocycles. The number of rotatable bonds is 5. The van der Waals surface area contributed by atoms with Crippen molar-refractivity contribution in [3.63, 3.8) is 0 Å². The largest absolute Gasteiger partial charge is 0.367 e. The molecule has 0 aliphatic heterocycles. The van der Waals surface area contributed by atoms with Gasteiger partial charge in [-0.3, -0.25) is 0 Å². The van der Waals surface area contributed by atoms with E-state index in [1.54, 1.807) is 6.07 Å². The second kappa shape index (κ2) is 6.73. The summed E-state index contributed by atoms with van der Waals surface area (Å²) in [5, 5.41) is 0.697. The Bertz CT molecular complexity index is 586. The van der Waals surface area contributed by atoms with E-state index in [4.69, 9.17) is 17.3 Å². The minimum absolute atomic E-state index is 0.231. The van der Waals surface area contributed by atoms with Crippen molar-refractivity contribution >= 4 is 17.3 Å². The van der Waals surface area contributed by atoms with Gasteiger partial charge in [-0.05, 0) is 42.3 Å². The first-order chi connectivity index (χ1) is 9.63. The Kier molecular flexibility index (Phi) is 4.99. The Morgan fingerprint density at radius 2 is 2.00 bits per heavy atom. The molecule has 0 radical (unpaired) electrons. The van der Waals surface area contributed by atoms with Gasteiger partial charge in [0, 0.05) is 30.3 Å². The van der Waals surface area contributed by atoms with Crippen LogP contribution in [0.15, 0.2) is 42.5 Å². The molecule has 0 spiro atoms. The maximum atomic E-state index is 13.3. The van der Waals surface area contributed by atoms with Crippen LogP contribution in [0.4, 0.5) is 10.1 Å². The highest BCUT2D eigenvalue weighted by molar-refractivity contribution is 6.31. The van der Waals surface area contributed by atoms with Crippen molar-refractivity contribution in [3.8, 4) is 0 Å². The molecule has 0 fully saturated rings. The standard InChI is InChI=1S/C16H18ClFN2/c1-2-20(15-5-3-4-14(18)9-15)11-13-7-6-12(10-19)8-16(13)17/h3-9H,2,10-11,19H2,1H3. The van der Waals surface area contributed by atoms with Gasteiger partial charge in [-0.25, -0.2) is 4.39 Å². The molecule has 0 saturated carbocycles. The van der Waals surface area contributed by atoms with E-state index < -0.39 is 0 Å². The molecule has 20 heavy (non-hydrogen) atoms. The highest BCUT2D eigenvalue weighted by atomic mass is 35.5.